The molecule has 21 heavy (non-hydrogen) atoms. The summed E-state index contributed by atoms with van der Waals surface area (Å²) < 4.78 is 0. The van der Waals surface area contributed by atoms with Crippen LogP contribution in [0.3, 0.4) is 0 Å². The lowest BCUT2D eigenvalue weighted by Crippen LogP contribution is -2.37. The van der Waals surface area contributed by atoms with E-state index in [4.69, 9.17) is 0 Å². The largest absolute Gasteiger partial charge is 0.506 e. The van der Waals surface area contributed by atoms with Crippen LogP contribution in [0.15, 0.2) is 24.3 Å². The third kappa shape index (κ3) is 1.66. The Labute approximate surface area is 138 Å². The van der Waals surface area contributed by atoms with Gasteiger partial charge in [-0.05, 0) is 30.4 Å². The van der Waals surface area contributed by atoms with Gasteiger partial charge in [-0.25, -0.2) is 4.90 Å². The first-order chi connectivity index (χ1) is 10.0. The molecule has 1 saturated heterocycles. The molecule has 2 bridgehead atoms. The average Bonchev–Trinajstić information content (AvgIpc) is 3.06. The van der Waals surface area contributed by atoms with Crippen molar-refractivity contribution in [3.8, 4) is 5.75 Å². The van der Waals surface area contributed by atoms with Gasteiger partial charge < -0.3 is 5.11 Å². The molecule has 110 valence electrons. The number of aromatic hydroxyl groups is 1. The molecule has 0 radical (unpaired) electrons. The number of anilines is 1. The van der Waals surface area contributed by atoms with Gasteiger partial charge in [0.05, 0.1) is 17.5 Å². The Hall–Kier alpha value is -0.880. The number of para-hydroxylation sites is 2. The molecule has 2 saturated carbocycles. The fourth-order valence-electron chi connectivity index (χ4n) is 4.24. The second-order valence-corrected chi connectivity index (χ2v) is 8.12. The van der Waals surface area contributed by atoms with E-state index in [0.717, 1.165) is 6.42 Å². The number of phenolic OH excluding ortho intramolecular Hbond substituents is 1. The molecule has 2 amide bonds. The second-order valence-electron chi connectivity index (χ2n) is 6.00. The van der Waals surface area contributed by atoms with Gasteiger partial charge in [-0.3, -0.25) is 9.59 Å². The standard InChI is InChI=1S/C15H13Br2NO3/c16-12-6-5-7(13(12)17)11-10(6)14(20)18(15(11)21)8-3-1-2-4-9(8)19/h1-4,6-7,10-13,19H,5H2/t6-,7-,10-,11+,12-,13+/m1/s1. The minimum absolute atomic E-state index is 0.0303. The van der Waals surface area contributed by atoms with E-state index in [1.54, 1.807) is 18.2 Å². The van der Waals surface area contributed by atoms with Gasteiger partial charge >= 0.3 is 0 Å². The molecule has 1 heterocycles. The number of phenols is 1. The topological polar surface area (TPSA) is 57.6 Å². The maximum atomic E-state index is 12.7. The van der Waals surface area contributed by atoms with Gasteiger partial charge in [-0.2, -0.15) is 0 Å². The first-order valence-electron chi connectivity index (χ1n) is 6.96. The van der Waals surface area contributed by atoms with Crippen LogP contribution in [0.1, 0.15) is 6.42 Å². The minimum Gasteiger partial charge on any atom is -0.506 e. The van der Waals surface area contributed by atoms with Crippen LogP contribution in [-0.4, -0.2) is 26.6 Å². The lowest BCUT2D eigenvalue weighted by atomic mass is 9.81. The van der Waals surface area contributed by atoms with Gasteiger partial charge in [0, 0.05) is 9.65 Å². The van der Waals surface area contributed by atoms with Crippen molar-refractivity contribution in [1.29, 1.82) is 0 Å². The quantitative estimate of drug-likeness (QED) is 0.567. The van der Waals surface area contributed by atoms with Crippen molar-refractivity contribution in [2.75, 3.05) is 4.90 Å². The predicted molar refractivity (Wildman–Crippen MR) is 84.6 cm³/mol. The smallest absolute Gasteiger partial charge is 0.238 e. The molecule has 6 atom stereocenters. The minimum atomic E-state index is -0.250. The fraction of sp³-hybridized carbons (Fsp3) is 0.467. The van der Waals surface area contributed by atoms with Gasteiger partial charge in [0.2, 0.25) is 11.8 Å². The van der Waals surface area contributed by atoms with Crippen molar-refractivity contribution in [3.63, 3.8) is 0 Å². The van der Waals surface area contributed by atoms with Crippen molar-refractivity contribution >= 4 is 49.4 Å². The molecule has 4 nitrogen and oxygen atoms in total. The molecular formula is C15H13Br2NO3. The average molecular weight is 415 g/mol. The molecule has 0 unspecified atom stereocenters. The number of alkyl halides is 2. The number of hydrogen-bond donors (Lipinski definition) is 1. The number of halogens is 2. The lowest BCUT2D eigenvalue weighted by molar-refractivity contribution is -0.123. The van der Waals surface area contributed by atoms with E-state index in [9.17, 15) is 14.7 Å². The number of carbonyl (C=O) groups is 2. The van der Waals surface area contributed by atoms with Gasteiger partial charge in [-0.1, -0.05) is 44.0 Å². The Kier molecular flexibility index (Phi) is 2.99. The highest BCUT2D eigenvalue weighted by molar-refractivity contribution is 9.12. The van der Waals surface area contributed by atoms with E-state index in [1.165, 1.54) is 11.0 Å². The molecule has 1 N–H and O–H groups in total. The monoisotopic (exact) mass is 413 g/mol. The normalized spacial score (nSPS) is 41.0. The molecule has 6 heteroatoms. The van der Waals surface area contributed by atoms with Crippen molar-refractivity contribution in [3.05, 3.63) is 24.3 Å². The van der Waals surface area contributed by atoms with E-state index >= 15 is 0 Å². The number of carbonyl (C=O) groups excluding carboxylic acids is 2. The Morgan fingerprint density at radius 2 is 1.52 bits per heavy atom. The summed E-state index contributed by atoms with van der Waals surface area (Å²) in [6, 6.07) is 6.51. The highest BCUT2D eigenvalue weighted by Gasteiger charge is 2.66. The Bertz CT molecular complexity index is 618. The number of nitrogens with zero attached hydrogens (tertiary/aromatic N) is 1. The fourth-order valence-corrected chi connectivity index (χ4v) is 6.11. The van der Waals surface area contributed by atoms with Crippen LogP contribution in [-0.2, 0) is 9.59 Å². The zero-order valence-corrected chi connectivity index (χ0v) is 14.1. The van der Waals surface area contributed by atoms with Crippen LogP contribution in [0, 0.1) is 23.7 Å². The molecule has 0 aromatic heterocycles. The summed E-state index contributed by atoms with van der Waals surface area (Å²) in [5.74, 6) is -0.475. The number of imide groups is 1. The molecule has 1 aliphatic heterocycles. The Balaban J connectivity index is 1.77. The maximum absolute atomic E-state index is 12.7. The number of hydrogen-bond acceptors (Lipinski definition) is 3. The van der Waals surface area contributed by atoms with Gasteiger partial charge in [-0.15, -0.1) is 0 Å². The third-order valence-corrected chi connectivity index (χ3v) is 8.32. The van der Waals surface area contributed by atoms with Crippen LogP contribution < -0.4 is 4.90 Å². The van der Waals surface area contributed by atoms with E-state index < -0.39 is 0 Å². The summed E-state index contributed by atoms with van der Waals surface area (Å²) >= 11 is 7.31. The third-order valence-electron chi connectivity index (χ3n) is 5.11. The van der Waals surface area contributed by atoms with E-state index in [-0.39, 0.29) is 50.9 Å². The molecule has 4 rings (SSSR count). The van der Waals surface area contributed by atoms with Crippen LogP contribution in [0.2, 0.25) is 0 Å². The maximum Gasteiger partial charge on any atom is 0.238 e. The van der Waals surface area contributed by atoms with Crippen LogP contribution in [0.25, 0.3) is 0 Å². The summed E-state index contributed by atoms with van der Waals surface area (Å²) in [5, 5.41) is 9.96. The molecular weight excluding hydrogens is 402 g/mol. The van der Waals surface area contributed by atoms with E-state index in [0.29, 0.717) is 5.69 Å². The summed E-state index contributed by atoms with van der Waals surface area (Å²) in [6.07, 6.45) is 0.910. The molecule has 3 aliphatic rings. The summed E-state index contributed by atoms with van der Waals surface area (Å²) in [6.45, 7) is 0. The molecule has 3 fully saturated rings. The van der Waals surface area contributed by atoms with Gasteiger partial charge in [0.25, 0.3) is 0 Å². The van der Waals surface area contributed by atoms with E-state index in [1.807, 2.05) is 0 Å². The summed E-state index contributed by atoms with van der Waals surface area (Å²) in [7, 11) is 0. The van der Waals surface area contributed by atoms with Crippen molar-refractivity contribution in [2.45, 2.75) is 16.1 Å². The van der Waals surface area contributed by atoms with Crippen LogP contribution >= 0.6 is 31.9 Å². The summed E-state index contributed by atoms with van der Waals surface area (Å²) in [5.41, 5.74) is 0.304. The Morgan fingerprint density at radius 3 is 2.05 bits per heavy atom. The number of rotatable bonds is 1. The second kappa shape index (κ2) is 4.56. The van der Waals surface area contributed by atoms with Crippen molar-refractivity contribution < 1.29 is 14.7 Å². The molecule has 0 spiro atoms. The number of benzene rings is 1. The number of amides is 2. The SMILES string of the molecule is O=C1[C@@H]2[C@H]3C[C@@H]([C@H](Br)[C@@H]3Br)[C@@H]2C(=O)N1c1ccccc1O. The summed E-state index contributed by atoms with van der Waals surface area (Å²) in [4.78, 5) is 27.1. The van der Waals surface area contributed by atoms with Crippen molar-refractivity contribution in [2.24, 2.45) is 23.7 Å². The molecule has 1 aromatic carbocycles. The van der Waals surface area contributed by atoms with Gasteiger partial charge in [0.15, 0.2) is 0 Å². The highest BCUT2D eigenvalue weighted by Crippen LogP contribution is 2.60. The molecule has 1 aromatic rings. The highest BCUT2D eigenvalue weighted by atomic mass is 79.9. The van der Waals surface area contributed by atoms with Gasteiger partial charge in [0.1, 0.15) is 5.75 Å². The molecule has 2 aliphatic carbocycles. The van der Waals surface area contributed by atoms with Crippen LogP contribution in [0.5, 0.6) is 5.75 Å². The lowest BCUT2D eigenvalue weighted by Gasteiger charge is -2.28. The first-order valence-corrected chi connectivity index (χ1v) is 8.79. The predicted octanol–water partition coefficient (Wildman–Crippen LogP) is 2.67. The van der Waals surface area contributed by atoms with Crippen molar-refractivity contribution in [1.82, 2.24) is 0 Å². The zero-order valence-electron chi connectivity index (χ0n) is 10.9. The van der Waals surface area contributed by atoms with E-state index in [2.05, 4.69) is 31.9 Å². The zero-order chi connectivity index (χ0) is 14.9. The first kappa shape index (κ1) is 13.8. The van der Waals surface area contributed by atoms with Crippen LogP contribution in [0.4, 0.5) is 5.69 Å². The Morgan fingerprint density at radius 1 is 1.00 bits per heavy atom. The number of fused-ring (bicyclic) bond motifs is 5.